The molecule has 0 radical (unpaired) electrons. The summed E-state index contributed by atoms with van der Waals surface area (Å²) < 4.78 is 39.5. The molecule has 4 heterocycles. The van der Waals surface area contributed by atoms with E-state index < -0.39 is 10.0 Å². The first kappa shape index (κ1) is 15.7. The molecule has 0 spiro atoms. The molecular weight excluding hydrogens is 334 g/mol. The standard InChI is InChI=1S/C14H19N5O4S/c1-9-16-13(23-17-9)4-11-3-10-5-19(6-12(10)22-11)24(20,21)14-7-18(2)8-15-14/h7-8,10-12H,3-6H2,1-2H3/t10-,11-,12+/m0/s1. The predicted octanol–water partition coefficient (Wildman–Crippen LogP) is 0.132. The molecule has 3 atom stereocenters. The Morgan fingerprint density at radius 3 is 2.83 bits per heavy atom. The van der Waals surface area contributed by atoms with E-state index >= 15 is 0 Å². The summed E-state index contributed by atoms with van der Waals surface area (Å²) in [6.45, 7) is 2.60. The van der Waals surface area contributed by atoms with Crippen molar-refractivity contribution < 1.29 is 17.7 Å². The summed E-state index contributed by atoms with van der Waals surface area (Å²) in [5, 5.41) is 3.86. The Morgan fingerprint density at radius 2 is 2.21 bits per heavy atom. The molecular formula is C14H19N5O4S. The molecule has 0 saturated carbocycles. The summed E-state index contributed by atoms with van der Waals surface area (Å²) in [7, 11) is -1.80. The van der Waals surface area contributed by atoms with Crippen LogP contribution >= 0.6 is 0 Å². The highest BCUT2D eigenvalue weighted by Gasteiger charge is 2.46. The van der Waals surface area contributed by atoms with Crippen molar-refractivity contribution in [3.8, 4) is 0 Å². The first-order valence-corrected chi connectivity index (χ1v) is 9.28. The van der Waals surface area contributed by atoms with Crippen LogP contribution in [0.3, 0.4) is 0 Å². The number of hydrogen-bond donors (Lipinski definition) is 0. The van der Waals surface area contributed by atoms with E-state index in [0.717, 1.165) is 6.42 Å². The molecule has 10 heteroatoms. The number of nitrogens with zero attached hydrogens (tertiary/aromatic N) is 5. The fraction of sp³-hybridized carbons (Fsp3) is 0.643. The van der Waals surface area contributed by atoms with E-state index in [-0.39, 0.29) is 23.2 Å². The molecule has 2 fully saturated rings. The second-order valence-corrected chi connectivity index (χ2v) is 8.32. The van der Waals surface area contributed by atoms with E-state index in [9.17, 15) is 8.42 Å². The van der Waals surface area contributed by atoms with Crippen LogP contribution in [0.5, 0.6) is 0 Å². The monoisotopic (exact) mass is 353 g/mol. The van der Waals surface area contributed by atoms with Crippen LogP contribution in [-0.2, 0) is 28.2 Å². The van der Waals surface area contributed by atoms with Crippen molar-refractivity contribution in [3.63, 3.8) is 0 Å². The number of aromatic nitrogens is 4. The molecule has 0 aliphatic carbocycles. The number of rotatable bonds is 4. The third kappa shape index (κ3) is 2.74. The van der Waals surface area contributed by atoms with Gasteiger partial charge in [-0.05, 0) is 13.3 Å². The minimum Gasteiger partial charge on any atom is -0.373 e. The van der Waals surface area contributed by atoms with Gasteiger partial charge >= 0.3 is 0 Å². The topological polar surface area (TPSA) is 103 Å². The molecule has 24 heavy (non-hydrogen) atoms. The van der Waals surface area contributed by atoms with Crippen molar-refractivity contribution in [1.82, 2.24) is 24.0 Å². The molecule has 130 valence electrons. The Balaban J connectivity index is 1.41. The average molecular weight is 353 g/mol. The first-order valence-electron chi connectivity index (χ1n) is 7.84. The Morgan fingerprint density at radius 1 is 1.38 bits per heavy atom. The predicted molar refractivity (Wildman–Crippen MR) is 81.5 cm³/mol. The van der Waals surface area contributed by atoms with Crippen molar-refractivity contribution in [3.05, 3.63) is 24.2 Å². The summed E-state index contributed by atoms with van der Waals surface area (Å²) in [6.07, 6.45) is 4.28. The van der Waals surface area contributed by atoms with Crippen molar-refractivity contribution in [1.29, 1.82) is 0 Å². The number of aryl methyl sites for hydroxylation is 2. The highest BCUT2D eigenvalue weighted by Crippen LogP contribution is 2.36. The normalized spacial score (nSPS) is 27.7. The fourth-order valence-electron chi connectivity index (χ4n) is 3.42. The molecule has 2 aromatic heterocycles. The van der Waals surface area contributed by atoms with Crippen molar-refractivity contribution in [2.24, 2.45) is 13.0 Å². The van der Waals surface area contributed by atoms with Crippen molar-refractivity contribution in [2.75, 3.05) is 13.1 Å². The van der Waals surface area contributed by atoms with Crippen LogP contribution < -0.4 is 0 Å². The Hall–Kier alpha value is -1.78. The number of sulfonamides is 1. The van der Waals surface area contributed by atoms with Crippen LogP contribution in [0.1, 0.15) is 18.1 Å². The SMILES string of the molecule is Cc1noc(C[C@@H]2C[C@H]3CN(S(=O)(=O)c4cn(C)cn4)C[C@H]3O2)n1. The van der Waals surface area contributed by atoms with Gasteiger partial charge in [0.1, 0.15) is 0 Å². The molecule has 2 saturated heterocycles. The molecule has 2 aliphatic heterocycles. The van der Waals surface area contributed by atoms with E-state index in [0.29, 0.717) is 31.2 Å². The van der Waals surface area contributed by atoms with Gasteiger partial charge in [0.15, 0.2) is 10.9 Å². The maximum atomic E-state index is 12.6. The highest BCUT2D eigenvalue weighted by molar-refractivity contribution is 7.89. The number of fused-ring (bicyclic) bond motifs is 1. The largest absolute Gasteiger partial charge is 0.373 e. The van der Waals surface area contributed by atoms with Gasteiger partial charge in [-0.15, -0.1) is 0 Å². The van der Waals surface area contributed by atoms with Gasteiger partial charge in [0.05, 0.1) is 25.0 Å². The van der Waals surface area contributed by atoms with Crippen molar-refractivity contribution in [2.45, 2.75) is 37.0 Å². The minimum atomic E-state index is -3.55. The highest BCUT2D eigenvalue weighted by atomic mass is 32.2. The molecule has 2 aliphatic rings. The lowest BCUT2D eigenvalue weighted by atomic mass is 10.0. The zero-order valence-electron chi connectivity index (χ0n) is 13.5. The van der Waals surface area contributed by atoms with Gasteiger partial charge in [-0.1, -0.05) is 5.16 Å². The second kappa shape index (κ2) is 5.64. The van der Waals surface area contributed by atoms with Gasteiger partial charge in [0.25, 0.3) is 10.0 Å². The smallest absolute Gasteiger partial charge is 0.262 e. The average Bonchev–Trinajstić information content (AvgIpc) is 3.23. The molecule has 9 nitrogen and oxygen atoms in total. The van der Waals surface area contributed by atoms with E-state index in [1.807, 2.05) is 0 Å². The van der Waals surface area contributed by atoms with E-state index in [2.05, 4.69) is 15.1 Å². The Bertz CT molecular complexity index is 831. The zero-order valence-corrected chi connectivity index (χ0v) is 14.3. The summed E-state index contributed by atoms with van der Waals surface area (Å²) in [5.41, 5.74) is 0. The summed E-state index contributed by atoms with van der Waals surface area (Å²) in [5.74, 6) is 1.36. The molecule has 0 aromatic carbocycles. The second-order valence-electron chi connectivity index (χ2n) is 6.43. The van der Waals surface area contributed by atoms with Gasteiger partial charge in [-0.25, -0.2) is 13.4 Å². The molecule has 2 aromatic rings. The van der Waals surface area contributed by atoms with E-state index in [4.69, 9.17) is 9.26 Å². The lowest BCUT2D eigenvalue weighted by Crippen LogP contribution is -2.32. The Kier molecular flexibility index (Phi) is 3.70. The third-order valence-corrected chi connectivity index (χ3v) is 6.26. The number of ether oxygens (including phenoxy) is 1. The maximum absolute atomic E-state index is 12.6. The Labute approximate surface area is 139 Å². The van der Waals surface area contributed by atoms with Gasteiger partial charge in [0.2, 0.25) is 5.89 Å². The van der Waals surface area contributed by atoms with Gasteiger partial charge in [0, 0.05) is 32.3 Å². The lowest BCUT2D eigenvalue weighted by Gasteiger charge is -2.17. The van der Waals surface area contributed by atoms with Crippen LogP contribution in [0.15, 0.2) is 22.1 Å². The van der Waals surface area contributed by atoms with Gasteiger partial charge in [-0.3, -0.25) is 0 Å². The zero-order chi connectivity index (χ0) is 16.9. The van der Waals surface area contributed by atoms with Crippen LogP contribution in [-0.4, -0.2) is 57.7 Å². The van der Waals surface area contributed by atoms with E-state index in [1.165, 1.54) is 16.8 Å². The van der Waals surface area contributed by atoms with Crippen LogP contribution in [0.2, 0.25) is 0 Å². The summed E-state index contributed by atoms with van der Waals surface area (Å²) in [4.78, 5) is 8.15. The minimum absolute atomic E-state index is 0.000413. The first-order chi connectivity index (χ1) is 11.4. The molecule has 4 rings (SSSR count). The molecule has 0 bridgehead atoms. The molecule has 0 N–H and O–H groups in total. The molecule has 0 amide bonds. The van der Waals surface area contributed by atoms with Gasteiger partial charge in [-0.2, -0.15) is 9.29 Å². The summed E-state index contributed by atoms with van der Waals surface area (Å²) >= 11 is 0. The van der Waals surface area contributed by atoms with Crippen molar-refractivity contribution >= 4 is 10.0 Å². The quantitative estimate of drug-likeness (QED) is 0.770. The number of imidazole rings is 1. The lowest BCUT2D eigenvalue weighted by molar-refractivity contribution is 0.0400. The van der Waals surface area contributed by atoms with Crippen LogP contribution in [0, 0.1) is 12.8 Å². The summed E-state index contributed by atoms with van der Waals surface area (Å²) in [6, 6.07) is 0. The third-order valence-electron chi connectivity index (χ3n) is 4.54. The van der Waals surface area contributed by atoms with E-state index in [1.54, 1.807) is 18.5 Å². The van der Waals surface area contributed by atoms with Crippen LogP contribution in [0.4, 0.5) is 0 Å². The number of hydrogen-bond acceptors (Lipinski definition) is 7. The maximum Gasteiger partial charge on any atom is 0.262 e. The van der Waals surface area contributed by atoms with Crippen LogP contribution in [0.25, 0.3) is 0 Å². The van der Waals surface area contributed by atoms with Gasteiger partial charge < -0.3 is 13.8 Å². The fourth-order valence-corrected chi connectivity index (χ4v) is 4.90. The molecule has 0 unspecified atom stereocenters.